The molecular weight excluding hydrogens is 350 g/mol. The molecule has 28 heavy (non-hydrogen) atoms. The second kappa shape index (κ2) is 9.63. The van der Waals surface area contributed by atoms with Crippen LogP contribution in [0.2, 0.25) is 0 Å². The van der Waals surface area contributed by atoms with Crippen molar-refractivity contribution in [1.29, 1.82) is 0 Å². The fourth-order valence-electron chi connectivity index (χ4n) is 3.30. The Bertz CT molecular complexity index is 796. The molecule has 2 atom stereocenters. The average Bonchev–Trinajstić information content (AvgIpc) is 2.66. The van der Waals surface area contributed by atoms with Crippen molar-refractivity contribution in [1.82, 2.24) is 5.32 Å². The molecule has 4 heteroatoms. The first-order chi connectivity index (χ1) is 13.3. The largest absolute Gasteiger partial charge is 0.496 e. The molecule has 2 aromatic carbocycles. The van der Waals surface area contributed by atoms with E-state index < -0.39 is 6.10 Å². The molecule has 0 saturated carbocycles. The smallest absolute Gasteiger partial charge is 0.261 e. The van der Waals surface area contributed by atoms with Gasteiger partial charge in [0.25, 0.3) is 5.91 Å². The topological polar surface area (TPSA) is 47.6 Å². The van der Waals surface area contributed by atoms with Crippen LogP contribution >= 0.6 is 0 Å². The van der Waals surface area contributed by atoms with E-state index in [9.17, 15) is 4.79 Å². The summed E-state index contributed by atoms with van der Waals surface area (Å²) >= 11 is 0. The van der Waals surface area contributed by atoms with Crippen LogP contribution in [-0.2, 0) is 4.79 Å². The Kier molecular flexibility index (Phi) is 7.50. The number of amides is 1. The van der Waals surface area contributed by atoms with Gasteiger partial charge in [-0.15, -0.1) is 0 Å². The first kappa shape index (κ1) is 21.8. The van der Waals surface area contributed by atoms with Crippen LogP contribution in [0.4, 0.5) is 0 Å². The van der Waals surface area contributed by atoms with Crippen molar-refractivity contribution in [3.63, 3.8) is 0 Å². The summed E-state index contributed by atoms with van der Waals surface area (Å²) in [5.41, 5.74) is 4.51. The lowest BCUT2D eigenvalue weighted by atomic mass is 9.93. The number of ether oxygens (including phenoxy) is 2. The third kappa shape index (κ3) is 5.28. The van der Waals surface area contributed by atoms with E-state index in [4.69, 9.17) is 9.47 Å². The van der Waals surface area contributed by atoms with E-state index in [0.717, 1.165) is 28.0 Å². The van der Waals surface area contributed by atoms with Gasteiger partial charge in [-0.25, -0.2) is 0 Å². The van der Waals surface area contributed by atoms with Crippen LogP contribution in [0.1, 0.15) is 68.3 Å². The van der Waals surface area contributed by atoms with E-state index in [1.54, 1.807) is 7.11 Å². The van der Waals surface area contributed by atoms with E-state index in [1.165, 1.54) is 0 Å². The molecule has 0 aliphatic rings. The molecular formula is C24H33NO3. The summed E-state index contributed by atoms with van der Waals surface area (Å²) in [4.78, 5) is 12.8. The second-order valence-electron chi connectivity index (χ2n) is 7.66. The second-order valence-corrected chi connectivity index (χ2v) is 7.66. The molecule has 4 nitrogen and oxygen atoms in total. The molecule has 0 aliphatic heterocycles. The number of aryl methyl sites for hydroxylation is 2. The molecule has 2 unspecified atom stereocenters. The molecule has 0 heterocycles. The normalized spacial score (nSPS) is 13.1. The van der Waals surface area contributed by atoms with Gasteiger partial charge in [0.05, 0.1) is 13.2 Å². The lowest BCUT2D eigenvalue weighted by Gasteiger charge is -2.23. The number of carbonyl (C=O) groups is 1. The summed E-state index contributed by atoms with van der Waals surface area (Å²) in [6.45, 7) is 12.3. The number of rotatable bonds is 8. The van der Waals surface area contributed by atoms with Crippen molar-refractivity contribution in [3.8, 4) is 11.5 Å². The predicted octanol–water partition coefficient (Wildman–Crippen LogP) is 5.47. The number of hydrogen-bond acceptors (Lipinski definition) is 3. The van der Waals surface area contributed by atoms with Crippen molar-refractivity contribution < 1.29 is 14.3 Å². The lowest BCUT2D eigenvalue weighted by Crippen LogP contribution is -2.39. The molecule has 0 spiro atoms. The third-order valence-electron chi connectivity index (χ3n) is 5.03. The first-order valence-corrected chi connectivity index (χ1v) is 9.98. The molecule has 152 valence electrons. The Morgan fingerprint density at radius 1 is 1.04 bits per heavy atom. The Labute approximate surface area is 169 Å². The van der Waals surface area contributed by atoms with Gasteiger partial charge in [-0.2, -0.15) is 0 Å². The summed E-state index contributed by atoms with van der Waals surface area (Å²) in [6.07, 6.45) is 0.0823. The zero-order chi connectivity index (χ0) is 20.8. The summed E-state index contributed by atoms with van der Waals surface area (Å²) in [7, 11) is 1.69. The summed E-state index contributed by atoms with van der Waals surface area (Å²) in [5.74, 6) is 1.84. The van der Waals surface area contributed by atoms with Gasteiger partial charge in [0, 0.05) is 0 Å². The Balaban J connectivity index is 2.15. The van der Waals surface area contributed by atoms with Crippen LogP contribution in [0, 0.1) is 13.8 Å². The number of benzene rings is 2. The molecule has 0 radical (unpaired) electrons. The molecule has 0 saturated heterocycles. The quantitative estimate of drug-likeness (QED) is 0.657. The zero-order valence-electron chi connectivity index (χ0n) is 18.1. The van der Waals surface area contributed by atoms with Crippen LogP contribution in [0.5, 0.6) is 11.5 Å². The zero-order valence-corrected chi connectivity index (χ0v) is 18.1. The predicted molar refractivity (Wildman–Crippen MR) is 114 cm³/mol. The van der Waals surface area contributed by atoms with Gasteiger partial charge in [0.1, 0.15) is 11.5 Å². The van der Waals surface area contributed by atoms with E-state index in [2.05, 4.69) is 25.2 Å². The maximum Gasteiger partial charge on any atom is 0.261 e. The van der Waals surface area contributed by atoms with Gasteiger partial charge in [-0.1, -0.05) is 38.5 Å². The Morgan fingerprint density at radius 2 is 1.68 bits per heavy atom. The van der Waals surface area contributed by atoms with Crippen molar-refractivity contribution in [2.75, 3.05) is 7.11 Å². The van der Waals surface area contributed by atoms with E-state index >= 15 is 0 Å². The highest BCUT2D eigenvalue weighted by Gasteiger charge is 2.22. The average molecular weight is 384 g/mol. The number of nitrogens with one attached hydrogen (secondary N) is 1. The monoisotopic (exact) mass is 383 g/mol. The number of carbonyl (C=O) groups excluding carboxylic acids is 1. The number of hydrogen-bond donors (Lipinski definition) is 1. The van der Waals surface area contributed by atoms with Crippen molar-refractivity contribution in [3.05, 3.63) is 58.7 Å². The highest BCUT2D eigenvalue weighted by atomic mass is 16.5. The molecule has 0 bridgehead atoms. The number of methoxy groups -OCH3 is 1. The first-order valence-electron chi connectivity index (χ1n) is 9.98. The summed E-state index contributed by atoms with van der Waals surface area (Å²) in [6, 6.07) is 11.8. The minimum Gasteiger partial charge on any atom is -0.496 e. The van der Waals surface area contributed by atoms with Gasteiger partial charge < -0.3 is 14.8 Å². The summed E-state index contributed by atoms with van der Waals surface area (Å²) < 4.78 is 11.4. The van der Waals surface area contributed by atoms with Crippen molar-refractivity contribution in [2.24, 2.45) is 0 Å². The molecule has 2 aromatic rings. The fraction of sp³-hybridized carbons (Fsp3) is 0.458. The summed E-state index contributed by atoms with van der Waals surface area (Å²) in [5, 5.41) is 3.12. The molecule has 0 fully saturated rings. The maximum atomic E-state index is 12.8. The van der Waals surface area contributed by atoms with E-state index in [1.807, 2.05) is 58.0 Å². The highest BCUT2D eigenvalue weighted by Crippen LogP contribution is 2.32. The molecule has 0 aliphatic carbocycles. The Hall–Kier alpha value is -2.49. The standard InChI is InChI=1S/C24H33NO3/c1-8-22(28-19-11-9-16(4)10-12-19)24(26)25-18(6)21-14-20(15(2)3)23(27-7)13-17(21)5/h9-15,18,22H,8H2,1-7H3,(H,25,26). The van der Waals surface area contributed by atoms with Gasteiger partial charge >= 0.3 is 0 Å². The molecule has 2 rings (SSSR count). The van der Waals surface area contributed by atoms with Crippen LogP contribution in [-0.4, -0.2) is 19.1 Å². The van der Waals surface area contributed by atoms with E-state index in [-0.39, 0.29) is 11.9 Å². The molecule has 1 N–H and O–H groups in total. The van der Waals surface area contributed by atoms with Crippen LogP contribution in [0.25, 0.3) is 0 Å². The lowest BCUT2D eigenvalue weighted by molar-refractivity contribution is -0.128. The van der Waals surface area contributed by atoms with Gasteiger partial charge in [0.2, 0.25) is 0 Å². The van der Waals surface area contributed by atoms with E-state index in [0.29, 0.717) is 18.1 Å². The van der Waals surface area contributed by atoms with Gasteiger partial charge in [-0.3, -0.25) is 4.79 Å². The highest BCUT2D eigenvalue weighted by molar-refractivity contribution is 5.81. The molecule has 1 amide bonds. The SMILES string of the molecule is CCC(Oc1ccc(C)cc1)C(=O)NC(C)c1cc(C(C)C)c(OC)cc1C. The maximum absolute atomic E-state index is 12.8. The molecule has 0 aromatic heterocycles. The van der Waals surface area contributed by atoms with Crippen molar-refractivity contribution in [2.45, 2.75) is 66.0 Å². The Morgan fingerprint density at radius 3 is 2.21 bits per heavy atom. The van der Waals surface area contributed by atoms with Gasteiger partial charge in [-0.05, 0) is 74.1 Å². The van der Waals surface area contributed by atoms with Gasteiger partial charge in [0.15, 0.2) is 6.10 Å². The fourth-order valence-corrected chi connectivity index (χ4v) is 3.30. The minimum absolute atomic E-state index is 0.100. The third-order valence-corrected chi connectivity index (χ3v) is 5.03. The minimum atomic E-state index is -0.520. The van der Waals surface area contributed by atoms with Crippen LogP contribution in [0.15, 0.2) is 36.4 Å². The van der Waals surface area contributed by atoms with Crippen LogP contribution < -0.4 is 14.8 Å². The van der Waals surface area contributed by atoms with Crippen molar-refractivity contribution >= 4 is 5.91 Å². The van der Waals surface area contributed by atoms with Crippen LogP contribution in [0.3, 0.4) is 0 Å².